The molecule has 1 aromatic heterocycles. The molecule has 0 unspecified atom stereocenters. The molecule has 35 heavy (non-hydrogen) atoms. The third-order valence-electron chi connectivity index (χ3n) is 5.80. The number of carbonyl (C=O) groups excluding carboxylic acids is 1. The number of allylic oxidation sites excluding steroid dienone is 1. The summed E-state index contributed by atoms with van der Waals surface area (Å²) in [5.41, 5.74) is 0.931. The summed E-state index contributed by atoms with van der Waals surface area (Å²) in [4.78, 5) is 17.6. The second kappa shape index (κ2) is 10.2. The van der Waals surface area contributed by atoms with Crippen molar-refractivity contribution in [3.63, 3.8) is 0 Å². The van der Waals surface area contributed by atoms with Gasteiger partial charge >= 0.3 is 0 Å². The number of sulfonamides is 2. The lowest BCUT2D eigenvalue weighted by molar-refractivity contribution is 0.0997. The van der Waals surface area contributed by atoms with E-state index in [4.69, 9.17) is 5.14 Å². The van der Waals surface area contributed by atoms with E-state index < -0.39 is 26.0 Å². The smallest absolute Gasteiger partial charge is 0.279 e. The van der Waals surface area contributed by atoms with Crippen molar-refractivity contribution in [3.05, 3.63) is 65.5 Å². The third-order valence-corrected chi connectivity index (χ3v) is 9.66. The van der Waals surface area contributed by atoms with Crippen molar-refractivity contribution in [2.24, 2.45) is 10.1 Å². The summed E-state index contributed by atoms with van der Waals surface area (Å²) in [6.45, 7) is 5.09. The summed E-state index contributed by atoms with van der Waals surface area (Å²) in [6, 6.07) is 10.2. The standard InChI is InChI=1S/C23H26N4O5S3/c1-2-13-27-20-12-11-19(34(24,29)30)16-21(20)33-23(27)25-22(28)17-7-9-18(10-8-17)35(31,32)26-14-5-3-4-6-15-26/h2,7-12,16H,1,3-6,13-15H2,(H2,24,29,30). The molecule has 9 nitrogen and oxygen atoms in total. The van der Waals surface area contributed by atoms with Crippen LogP contribution in [0, 0.1) is 0 Å². The molecule has 0 atom stereocenters. The van der Waals surface area contributed by atoms with E-state index in [-0.39, 0.29) is 15.4 Å². The highest BCUT2D eigenvalue weighted by molar-refractivity contribution is 7.89. The van der Waals surface area contributed by atoms with E-state index in [9.17, 15) is 21.6 Å². The number of primary sulfonamides is 1. The van der Waals surface area contributed by atoms with Gasteiger partial charge in [-0.25, -0.2) is 22.0 Å². The summed E-state index contributed by atoms with van der Waals surface area (Å²) in [5, 5.41) is 5.24. The van der Waals surface area contributed by atoms with Crippen LogP contribution in [0.15, 0.2) is 69.9 Å². The number of amides is 1. The van der Waals surface area contributed by atoms with Crippen molar-refractivity contribution >= 4 is 47.5 Å². The molecule has 186 valence electrons. The fourth-order valence-electron chi connectivity index (χ4n) is 3.97. The van der Waals surface area contributed by atoms with E-state index in [1.807, 2.05) is 0 Å². The molecule has 1 aliphatic rings. The van der Waals surface area contributed by atoms with Gasteiger partial charge in [0.2, 0.25) is 20.0 Å². The Morgan fingerprint density at radius 3 is 2.23 bits per heavy atom. The Labute approximate surface area is 208 Å². The van der Waals surface area contributed by atoms with Gasteiger partial charge in [0.25, 0.3) is 5.91 Å². The van der Waals surface area contributed by atoms with Gasteiger partial charge in [-0.3, -0.25) is 4.79 Å². The van der Waals surface area contributed by atoms with Crippen LogP contribution < -0.4 is 9.94 Å². The number of hydrogen-bond donors (Lipinski definition) is 1. The van der Waals surface area contributed by atoms with Gasteiger partial charge in [-0.05, 0) is 55.3 Å². The van der Waals surface area contributed by atoms with Gasteiger partial charge in [0.05, 0.1) is 20.0 Å². The fourth-order valence-corrected chi connectivity index (χ4v) is 7.18. The molecule has 1 fully saturated rings. The molecule has 0 saturated carbocycles. The van der Waals surface area contributed by atoms with Crippen molar-refractivity contribution in [2.75, 3.05) is 13.1 Å². The minimum absolute atomic E-state index is 0.0314. The van der Waals surface area contributed by atoms with E-state index in [0.29, 0.717) is 34.7 Å². The molecule has 2 N–H and O–H groups in total. The van der Waals surface area contributed by atoms with Crippen molar-refractivity contribution in [3.8, 4) is 0 Å². The van der Waals surface area contributed by atoms with Crippen molar-refractivity contribution in [1.82, 2.24) is 8.87 Å². The maximum Gasteiger partial charge on any atom is 0.279 e. The van der Waals surface area contributed by atoms with Gasteiger partial charge in [-0.1, -0.05) is 30.3 Å². The number of nitrogens with two attached hydrogens (primary N) is 1. The zero-order valence-electron chi connectivity index (χ0n) is 19.0. The Balaban J connectivity index is 1.67. The first-order chi connectivity index (χ1) is 16.6. The third kappa shape index (κ3) is 5.46. The number of nitrogens with zero attached hydrogens (tertiary/aromatic N) is 3. The first-order valence-electron chi connectivity index (χ1n) is 11.1. The second-order valence-electron chi connectivity index (χ2n) is 8.22. The van der Waals surface area contributed by atoms with Crippen molar-refractivity contribution in [1.29, 1.82) is 0 Å². The van der Waals surface area contributed by atoms with Crippen molar-refractivity contribution in [2.45, 2.75) is 42.0 Å². The average molecular weight is 535 g/mol. The number of aromatic nitrogens is 1. The molecule has 0 radical (unpaired) electrons. The van der Waals surface area contributed by atoms with E-state index in [2.05, 4.69) is 11.6 Å². The number of rotatable bonds is 6. The molecule has 3 aromatic rings. The van der Waals surface area contributed by atoms with E-state index in [1.54, 1.807) is 16.7 Å². The predicted molar refractivity (Wildman–Crippen MR) is 135 cm³/mol. The van der Waals surface area contributed by atoms with E-state index >= 15 is 0 Å². The minimum atomic E-state index is -3.88. The maximum atomic E-state index is 13.0. The van der Waals surface area contributed by atoms with Crippen LogP contribution in [0.3, 0.4) is 0 Å². The van der Waals surface area contributed by atoms with E-state index in [1.165, 1.54) is 40.7 Å². The first kappa shape index (κ1) is 25.5. The zero-order chi connectivity index (χ0) is 25.2. The fraction of sp³-hybridized carbons (Fsp3) is 0.304. The Morgan fingerprint density at radius 1 is 1.00 bits per heavy atom. The lowest BCUT2D eigenvalue weighted by Gasteiger charge is -2.19. The number of fused-ring (bicyclic) bond motifs is 1. The van der Waals surface area contributed by atoms with E-state index in [0.717, 1.165) is 37.0 Å². The normalized spacial score (nSPS) is 16.3. The number of carbonyl (C=O) groups is 1. The molecule has 1 aliphatic heterocycles. The van der Waals surface area contributed by atoms with Crippen LogP contribution in [0.1, 0.15) is 36.0 Å². The Bertz CT molecular complexity index is 1540. The molecule has 4 rings (SSSR count). The van der Waals surface area contributed by atoms with Crippen LogP contribution in [0.25, 0.3) is 10.2 Å². The Hall–Kier alpha value is -2.64. The molecule has 2 heterocycles. The van der Waals surface area contributed by atoms with Crippen molar-refractivity contribution < 1.29 is 21.6 Å². The van der Waals surface area contributed by atoms with Gasteiger partial charge in [0.15, 0.2) is 4.80 Å². The van der Waals surface area contributed by atoms with Gasteiger partial charge in [0, 0.05) is 25.2 Å². The number of hydrogen-bond acceptors (Lipinski definition) is 6. The summed E-state index contributed by atoms with van der Waals surface area (Å²) in [7, 11) is -7.49. The summed E-state index contributed by atoms with van der Waals surface area (Å²) >= 11 is 1.15. The van der Waals surface area contributed by atoms with Gasteiger partial charge < -0.3 is 4.57 Å². The van der Waals surface area contributed by atoms with Crippen LogP contribution in [0.5, 0.6) is 0 Å². The van der Waals surface area contributed by atoms with Gasteiger partial charge in [-0.2, -0.15) is 9.30 Å². The van der Waals surface area contributed by atoms with Crippen LogP contribution in [0.4, 0.5) is 0 Å². The maximum absolute atomic E-state index is 13.0. The topological polar surface area (TPSA) is 132 Å². The van der Waals surface area contributed by atoms with Crippen LogP contribution in [-0.2, 0) is 26.6 Å². The minimum Gasteiger partial charge on any atom is -0.312 e. The van der Waals surface area contributed by atoms with Crippen LogP contribution >= 0.6 is 11.3 Å². The Kier molecular flexibility index (Phi) is 7.38. The summed E-state index contributed by atoms with van der Waals surface area (Å²) < 4.78 is 53.2. The molecule has 0 aliphatic carbocycles. The van der Waals surface area contributed by atoms with Crippen LogP contribution in [0.2, 0.25) is 0 Å². The number of thiazole rings is 1. The van der Waals surface area contributed by atoms with Gasteiger partial charge in [-0.15, -0.1) is 6.58 Å². The molecular weight excluding hydrogens is 508 g/mol. The molecule has 2 aromatic carbocycles. The summed E-state index contributed by atoms with van der Waals surface area (Å²) in [5.74, 6) is -0.542. The molecular formula is C23H26N4O5S3. The highest BCUT2D eigenvalue weighted by Crippen LogP contribution is 2.23. The lowest BCUT2D eigenvalue weighted by atomic mass is 10.2. The predicted octanol–water partition coefficient (Wildman–Crippen LogP) is 2.84. The zero-order valence-corrected chi connectivity index (χ0v) is 21.4. The summed E-state index contributed by atoms with van der Waals surface area (Å²) in [6.07, 6.45) is 5.37. The second-order valence-corrected chi connectivity index (χ2v) is 12.7. The molecule has 1 amide bonds. The molecule has 0 spiro atoms. The highest BCUT2D eigenvalue weighted by Gasteiger charge is 2.25. The molecule has 0 bridgehead atoms. The first-order valence-corrected chi connectivity index (χ1v) is 14.9. The monoisotopic (exact) mass is 534 g/mol. The molecule has 1 saturated heterocycles. The number of benzene rings is 2. The average Bonchev–Trinajstić information content (AvgIpc) is 2.98. The SMILES string of the molecule is C=CCn1c(=NC(=O)c2ccc(S(=O)(=O)N3CCCCCC3)cc2)sc2cc(S(N)(=O)=O)ccc21. The Morgan fingerprint density at radius 2 is 1.63 bits per heavy atom. The lowest BCUT2D eigenvalue weighted by Crippen LogP contribution is -2.31. The van der Waals surface area contributed by atoms with Crippen LogP contribution in [-0.4, -0.2) is 44.7 Å². The molecule has 12 heteroatoms. The van der Waals surface area contributed by atoms with Gasteiger partial charge in [0.1, 0.15) is 0 Å². The highest BCUT2D eigenvalue weighted by atomic mass is 32.2. The quantitative estimate of drug-likeness (QED) is 0.486. The largest absolute Gasteiger partial charge is 0.312 e.